The number of carbonyl (C=O) groups excluding carboxylic acids is 1. The third-order valence-corrected chi connectivity index (χ3v) is 3.28. The molecule has 0 saturated carbocycles. The van der Waals surface area contributed by atoms with E-state index in [0.29, 0.717) is 13.0 Å². The van der Waals surface area contributed by atoms with Crippen molar-refractivity contribution in [2.24, 2.45) is 0 Å². The van der Waals surface area contributed by atoms with E-state index in [-0.39, 0.29) is 18.4 Å². The Kier molecular flexibility index (Phi) is 6.80. The Morgan fingerprint density at radius 3 is 2.57 bits per heavy atom. The number of rotatable bonds is 7. The Labute approximate surface area is 132 Å². The molecule has 8 heteroatoms. The Morgan fingerprint density at radius 1 is 1.35 bits per heavy atom. The van der Waals surface area contributed by atoms with Crippen molar-refractivity contribution in [3.05, 3.63) is 29.6 Å². The number of nitrogens with zero attached hydrogens (tertiary/aromatic N) is 1. The molecule has 1 atom stereocenters. The smallest absolute Gasteiger partial charge is 0.419 e. The fraction of sp³-hybridized carbons (Fsp3) is 0.533. The van der Waals surface area contributed by atoms with Gasteiger partial charge >= 0.3 is 12.1 Å². The van der Waals surface area contributed by atoms with Crippen LogP contribution in [0, 0.1) is 5.82 Å². The maximum absolute atomic E-state index is 13.3. The van der Waals surface area contributed by atoms with Gasteiger partial charge in [-0.15, -0.1) is 0 Å². The molecule has 23 heavy (non-hydrogen) atoms. The van der Waals surface area contributed by atoms with Crippen molar-refractivity contribution >= 4 is 11.7 Å². The van der Waals surface area contributed by atoms with Crippen LogP contribution in [0.1, 0.15) is 18.9 Å². The molecule has 0 heterocycles. The van der Waals surface area contributed by atoms with Gasteiger partial charge in [-0.05, 0) is 31.5 Å². The molecule has 1 unspecified atom stereocenters. The largest absolute Gasteiger partial charge is 0.467 e. The summed E-state index contributed by atoms with van der Waals surface area (Å²) in [7, 11) is 2.84. The standard InChI is InChI=1S/C15H19F4NO3/c1-10(23-9-14(21)22-3)6-7-20(2)11-4-5-13(16)12(8-11)15(17,18)19/h4-5,8,10H,6-7,9H2,1-3H3. The second kappa shape index (κ2) is 8.14. The van der Waals surface area contributed by atoms with Crippen molar-refractivity contribution in [1.82, 2.24) is 0 Å². The van der Waals surface area contributed by atoms with Crippen molar-refractivity contribution in [2.75, 3.05) is 32.2 Å². The number of anilines is 1. The van der Waals surface area contributed by atoms with Gasteiger partial charge in [-0.2, -0.15) is 13.2 Å². The normalized spacial score (nSPS) is 12.8. The fourth-order valence-corrected chi connectivity index (χ4v) is 1.83. The minimum Gasteiger partial charge on any atom is -0.467 e. The highest BCUT2D eigenvalue weighted by atomic mass is 19.4. The zero-order valence-electron chi connectivity index (χ0n) is 13.1. The molecule has 0 spiro atoms. The number of halogens is 4. The molecular weight excluding hydrogens is 318 g/mol. The Morgan fingerprint density at radius 2 is 2.00 bits per heavy atom. The molecule has 0 aliphatic rings. The maximum Gasteiger partial charge on any atom is 0.419 e. The van der Waals surface area contributed by atoms with Crippen LogP contribution in [0.3, 0.4) is 0 Å². The summed E-state index contributed by atoms with van der Waals surface area (Å²) in [6.07, 6.45) is -4.54. The second-order valence-corrected chi connectivity index (χ2v) is 5.07. The zero-order valence-corrected chi connectivity index (χ0v) is 13.1. The highest BCUT2D eigenvalue weighted by Crippen LogP contribution is 2.33. The van der Waals surface area contributed by atoms with Crippen molar-refractivity contribution < 1.29 is 31.8 Å². The number of hydrogen-bond donors (Lipinski definition) is 0. The first-order valence-electron chi connectivity index (χ1n) is 6.91. The van der Waals surface area contributed by atoms with E-state index in [0.717, 1.165) is 12.1 Å². The van der Waals surface area contributed by atoms with Gasteiger partial charge in [0.2, 0.25) is 0 Å². The number of carbonyl (C=O) groups is 1. The number of benzene rings is 1. The van der Waals surface area contributed by atoms with E-state index in [2.05, 4.69) is 4.74 Å². The summed E-state index contributed by atoms with van der Waals surface area (Å²) in [4.78, 5) is 12.5. The molecule has 0 aromatic heterocycles. The summed E-state index contributed by atoms with van der Waals surface area (Å²) < 4.78 is 61.0. The van der Waals surface area contributed by atoms with E-state index >= 15 is 0 Å². The predicted octanol–water partition coefficient (Wildman–Crippen LogP) is 3.25. The van der Waals surface area contributed by atoms with Crippen LogP contribution in [-0.4, -0.2) is 39.4 Å². The van der Waals surface area contributed by atoms with Gasteiger partial charge in [0.1, 0.15) is 12.4 Å². The first-order chi connectivity index (χ1) is 10.6. The first-order valence-corrected chi connectivity index (χ1v) is 6.91. The summed E-state index contributed by atoms with van der Waals surface area (Å²) in [6, 6.07) is 2.85. The summed E-state index contributed by atoms with van der Waals surface area (Å²) in [5, 5.41) is 0. The van der Waals surface area contributed by atoms with Crippen LogP contribution in [0.4, 0.5) is 23.2 Å². The van der Waals surface area contributed by atoms with Gasteiger partial charge in [-0.25, -0.2) is 9.18 Å². The van der Waals surface area contributed by atoms with Gasteiger partial charge in [0.05, 0.1) is 18.8 Å². The molecule has 0 amide bonds. The van der Waals surface area contributed by atoms with Gasteiger partial charge in [-0.1, -0.05) is 0 Å². The molecule has 0 aliphatic heterocycles. The molecular formula is C15H19F4NO3. The van der Waals surface area contributed by atoms with Crippen LogP contribution in [0.5, 0.6) is 0 Å². The first kappa shape index (κ1) is 19.2. The van der Waals surface area contributed by atoms with Crippen molar-refractivity contribution in [2.45, 2.75) is 25.6 Å². The molecule has 0 N–H and O–H groups in total. The highest BCUT2D eigenvalue weighted by molar-refractivity contribution is 5.70. The second-order valence-electron chi connectivity index (χ2n) is 5.07. The number of methoxy groups -OCH3 is 1. The van der Waals surface area contributed by atoms with Gasteiger partial charge < -0.3 is 14.4 Å². The lowest BCUT2D eigenvalue weighted by molar-refractivity contribution is -0.147. The van der Waals surface area contributed by atoms with Crippen molar-refractivity contribution in [1.29, 1.82) is 0 Å². The maximum atomic E-state index is 13.3. The monoisotopic (exact) mass is 337 g/mol. The molecule has 0 aliphatic carbocycles. The molecule has 130 valence electrons. The van der Waals surface area contributed by atoms with Crippen LogP contribution in [0.25, 0.3) is 0 Å². The average molecular weight is 337 g/mol. The quantitative estimate of drug-likeness (QED) is 0.566. The number of hydrogen-bond acceptors (Lipinski definition) is 4. The summed E-state index contributed by atoms with van der Waals surface area (Å²) in [5.41, 5.74) is -1.05. The van der Waals surface area contributed by atoms with E-state index < -0.39 is 23.5 Å². The molecule has 1 aromatic carbocycles. The molecule has 0 bridgehead atoms. The van der Waals surface area contributed by atoms with Crippen LogP contribution in [0.15, 0.2) is 18.2 Å². The number of esters is 1. The predicted molar refractivity (Wildman–Crippen MR) is 76.7 cm³/mol. The summed E-state index contributed by atoms with van der Waals surface area (Å²) >= 11 is 0. The van der Waals surface area contributed by atoms with Gasteiger partial charge in [0.15, 0.2) is 0 Å². The van der Waals surface area contributed by atoms with E-state index in [1.54, 1.807) is 18.9 Å². The van der Waals surface area contributed by atoms with Crippen LogP contribution in [0.2, 0.25) is 0 Å². The molecule has 0 fully saturated rings. The van der Waals surface area contributed by atoms with Gasteiger partial charge in [-0.3, -0.25) is 0 Å². The molecule has 0 radical (unpaired) electrons. The van der Waals surface area contributed by atoms with E-state index in [9.17, 15) is 22.4 Å². The lowest BCUT2D eigenvalue weighted by atomic mass is 10.1. The van der Waals surface area contributed by atoms with Crippen LogP contribution in [-0.2, 0) is 20.4 Å². The lowest BCUT2D eigenvalue weighted by Gasteiger charge is -2.22. The molecule has 4 nitrogen and oxygen atoms in total. The minimum atomic E-state index is -4.74. The van der Waals surface area contributed by atoms with Crippen LogP contribution >= 0.6 is 0 Å². The lowest BCUT2D eigenvalue weighted by Crippen LogP contribution is -2.25. The highest BCUT2D eigenvalue weighted by Gasteiger charge is 2.34. The minimum absolute atomic E-state index is 0.184. The van der Waals surface area contributed by atoms with E-state index in [1.165, 1.54) is 13.2 Å². The number of alkyl halides is 3. The fourth-order valence-electron chi connectivity index (χ4n) is 1.83. The number of ether oxygens (including phenoxy) is 2. The summed E-state index contributed by atoms with van der Waals surface area (Å²) in [5.74, 6) is -1.80. The average Bonchev–Trinajstić information content (AvgIpc) is 2.49. The third-order valence-electron chi connectivity index (χ3n) is 3.28. The molecule has 1 rings (SSSR count). The van der Waals surface area contributed by atoms with E-state index in [4.69, 9.17) is 4.74 Å². The Hall–Kier alpha value is -1.83. The van der Waals surface area contributed by atoms with Gasteiger partial charge in [0, 0.05) is 19.3 Å². The SMILES string of the molecule is COC(=O)COC(C)CCN(C)c1ccc(F)c(C(F)(F)F)c1. The van der Waals surface area contributed by atoms with Gasteiger partial charge in [0.25, 0.3) is 0 Å². The summed E-state index contributed by atoms with van der Waals surface area (Å²) in [6.45, 7) is 1.93. The van der Waals surface area contributed by atoms with Crippen molar-refractivity contribution in [3.8, 4) is 0 Å². The van der Waals surface area contributed by atoms with E-state index in [1.807, 2.05) is 0 Å². The molecule has 0 saturated heterocycles. The Balaban J connectivity index is 2.61. The topological polar surface area (TPSA) is 38.8 Å². The van der Waals surface area contributed by atoms with Crippen LogP contribution < -0.4 is 4.90 Å². The zero-order chi connectivity index (χ0) is 17.6. The Bertz CT molecular complexity index is 534. The molecule has 1 aromatic rings. The third kappa shape index (κ3) is 6.05. The van der Waals surface area contributed by atoms with Crippen molar-refractivity contribution in [3.63, 3.8) is 0 Å².